The molecule has 0 N–H and O–H groups in total. The van der Waals surface area contributed by atoms with E-state index in [4.69, 9.17) is 9.47 Å². The van der Waals surface area contributed by atoms with Crippen molar-refractivity contribution in [3.8, 4) is 11.5 Å². The minimum atomic E-state index is -0.145. The molecule has 0 radical (unpaired) electrons. The van der Waals surface area contributed by atoms with Crippen molar-refractivity contribution in [3.63, 3.8) is 0 Å². The lowest BCUT2D eigenvalue weighted by atomic mass is 10.1. The molecule has 26 heavy (non-hydrogen) atoms. The zero-order valence-electron chi connectivity index (χ0n) is 14.8. The molecule has 0 saturated heterocycles. The van der Waals surface area contributed by atoms with Gasteiger partial charge in [-0.2, -0.15) is 4.99 Å². The van der Waals surface area contributed by atoms with Crippen molar-refractivity contribution in [1.82, 2.24) is 4.57 Å². The summed E-state index contributed by atoms with van der Waals surface area (Å²) in [6.07, 6.45) is 1.30. The fraction of sp³-hybridized carbons (Fsp3) is 0.300. The highest BCUT2D eigenvalue weighted by molar-refractivity contribution is 7.16. The summed E-state index contributed by atoms with van der Waals surface area (Å²) in [7, 11) is 1.91. The molecular weight excluding hydrogens is 348 g/mol. The molecule has 1 aromatic heterocycles. The number of hydrogen-bond donors (Lipinski definition) is 0. The number of ether oxygens (including phenoxy) is 2. The van der Waals surface area contributed by atoms with Gasteiger partial charge in [0.05, 0.1) is 16.6 Å². The lowest BCUT2D eigenvalue weighted by molar-refractivity contribution is -0.117. The molecule has 2 aromatic carbocycles. The third-order valence-corrected chi connectivity index (χ3v) is 5.57. The van der Waals surface area contributed by atoms with E-state index in [0.717, 1.165) is 33.7 Å². The summed E-state index contributed by atoms with van der Waals surface area (Å²) >= 11 is 1.48. The Hall–Kier alpha value is -2.60. The third-order valence-electron chi connectivity index (χ3n) is 4.48. The minimum Gasteiger partial charge on any atom is -0.486 e. The van der Waals surface area contributed by atoms with Crippen LogP contribution in [0.5, 0.6) is 11.5 Å². The number of carbonyl (C=O) groups excluding carboxylic acids is 1. The Balaban J connectivity index is 1.64. The van der Waals surface area contributed by atoms with Gasteiger partial charge in [-0.05, 0) is 17.5 Å². The predicted octanol–water partition coefficient (Wildman–Crippen LogP) is 3.24. The summed E-state index contributed by atoms with van der Waals surface area (Å²) in [5.41, 5.74) is 3.23. The van der Waals surface area contributed by atoms with E-state index in [9.17, 15) is 4.79 Å². The Morgan fingerprint density at radius 1 is 1.12 bits per heavy atom. The first-order valence-electron chi connectivity index (χ1n) is 8.68. The second-order valence-corrected chi connectivity index (χ2v) is 7.27. The second-order valence-electron chi connectivity index (χ2n) is 6.26. The van der Waals surface area contributed by atoms with E-state index in [1.807, 2.05) is 35.9 Å². The van der Waals surface area contributed by atoms with Gasteiger partial charge in [0.2, 0.25) is 0 Å². The van der Waals surface area contributed by atoms with Gasteiger partial charge in [-0.1, -0.05) is 42.5 Å². The van der Waals surface area contributed by atoms with Crippen molar-refractivity contribution < 1.29 is 14.3 Å². The fourth-order valence-electron chi connectivity index (χ4n) is 2.98. The predicted molar refractivity (Wildman–Crippen MR) is 102 cm³/mol. The highest BCUT2D eigenvalue weighted by atomic mass is 32.1. The SMILES string of the molecule is CCc1ccc(CC(=O)N=c2sc3cc4c(cc3n2C)OCCO4)cc1. The molecule has 2 heterocycles. The van der Waals surface area contributed by atoms with Gasteiger partial charge in [-0.3, -0.25) is 4.79 Å². The number of benzene rings is 2. The molecular formula is C20H20N2O3S. The number of thiazole rings is 1. The number of aryl methyl sites for hydroxylation is 2. The normalized spacial score (nSPS) is 14.0. The number of nitrogens with zero attached hydrogens (tertiary/aromatic N) is 2. The molecule has 0 spiro atoms. The summed E-state index contributed by atoms with van der Waals surface area (Å²) in [5.74, 6) is 1.35. The van der Waals surface area contributed by atoms with E-state index in [-0.39, 0.29) is 5.91 Å². The van der Waals surface area contributed by atoms with Crippen molar-refractivity contribution >= 4 is 27.5 Å². The first-order chi connectivity index (χ1) is 12.6. The quantitative estimate of drug-likeness (QED) is 0.713. The summed E-state index contributed by atoms with van der Waals surface area (Å²) in [6.45, 7) is 3.23. The molecule has 0 unspecified atom stereocenters. The van der Waals surface area contributed by atoms with E-state index < -0.39 is 0 Å². The fourth-order valence-corrected chi connectivity index (χ4v) is 4.03. The van der Waals surface area contributed by atoms with E-state index in [1.54, 1.807) is 0 Å². The molecule has 6 heteroatoms. The molecule has 1 aliphatic rings. The second kappa shape index (κ2) is 6.96. The maximum Gasteiger partial charge on any atom is 0.252 e. The number of aromatic nitrogens is 1. The van der Waals surface area contributed by atoms with E-state index in [0.29, 0.717) is 24.4 Å². The molecule has 0 aliphatic carbocycles. The van der Waals surface area contributed by atoms with Crippen LogP contribution in [0.15, 0.2) is 41.4 Å². The van der Waals surface area contributed by atoms with Gasteiger partial charge in [0.1, 0.15) is 13.2 Å². The maximum atomic E-state index is 12.4. The topological polar surface area (TPSA) is 52.8 Å². The van der Waals surface area contributed by atoms with E-state index >= 15 is 0 Å². The maximum absolute atomic E-state index is 12.4. The first kappa shape index (κ1) is 16.8. The number of rotatable bonds is 3. The van der Waals surface area contributed by atoms with Gasteiger partial charge < -0.3 is 14.0 Å². The standard InChI is InChI=1S/C20H20N2O3S/c1-3-13-4-6-14(7-5-13)10-19(23)21-20-22(2)15-11-16-17(12-18(15)26-20)25-9-8-24-16/h4-7,11-12H,3,8-10H2,1-2H3. The van der Waals surface area contributed by atoms with Crippen molar-refractivity contribution in [3.05, 3.63) is 52.3 Å². The third kappa shape index (κ3) is 3.24. The van der Waals surface area contributed by atoms with Crippen molar-refractivity contribution in [2.24, 2.45) is 12.0 Å². The average molecular weight is 368 g/mol. The van der Waals surface area contributed by atoms with E-state index in [2.05, 4.69) is 24.0 Å². The Labute approximate surface area is 155 Å². The van der Waals surface area contributed by atoms with Crippen LogP contribution in [0, 0.1) is 0 Å². The molecule has 4 rings (SSSR count). The Morgan fingerprint density at radius 3 is 2.46 bits per heavy atom. The minimum absolute atomic E-state index is 0.145. The monoisotopic (exact) mass is 368 g/mol. The summed E-state index contributed by atoms with van der Waals surface area (Å²) in [6, 6.07) is 12.0. The van der Waals surface area contributed by atoms with Crippen LogP contribution in [0.3, 0.4) is 0 Å². The van der Waals surface area contributed by atoms with Crippen LogP contribution in [-0.2, 0) is 24.7 Å². The van der Waals surface area contributed by atoms with Crippen LogP contribution in [0.25, 0.3) is 10.2 Å². The highest BCUT2D eigenvalue weighted by Crippen LogP contribution is 2.35. The van der Waals surface area contributed by atoms with Crippen LogP contribution in [0.4, 0.5) is 0 Å². The van der Waals surface area contributed by atoms with Gasteiger partial charge in [-0.15, -0.1) is 0 Å². The average Bonchev–Trinajstić information content (AvgIpc) is 2.95. The van der Waals surface area contributed by atoms with Gasteiger partial charge in [0.25, 0.3) is 5.91 Å². The molecule has 134 valence electrons. The van der Waals surface area contributed by atoms with Crippen LogP contribution in [0.1, 0.15) is 18.1 Å². The van der Waals surface area contributed by atoms with Gasteiger partial charge in [0, 0.05) is 19.2 Å². The Bertz CT molecular complexity index is 1030. The van der Waals surface area contributed by atoms with Crippen molar-refractivity contribution in [2.75, 3.05) is 13.2 Å². The lowest BCUT2D eigenvalue weighted by Gasteiger charge is -2.18. The largest absolute Gasteiger partial charge is 0.486 e. The number of carbonyl (C=O) groups is 1. The Morgan fingerprint density at radius 2 is 1.77 bits per heavy atom. The first-order valence-corrected chi connectivity index (χ1v) is 9.50. The number of fused-ring (bicyclic) bond motifs is 2. The van der Waals surface area contributed by atoms with Gasteiger partial charge >= 0.3 is 0 Å². The molecule has 1 aliphatic heterocycles. The van der Waals surface area contributed by atoms with E-state index in [1.165, 1.54) is 16.9 Å². The van der Waals surface area contributed by atoms with Crippen LogP contribution >= 0.6 is 11.3 Å². The Kier molecular flexibility index (Phi) is 4.51. The van der Waals surface area contributed by atoms with Crippen molar-refractivity contribution in [1.29, 1.82) is 0 Å². The van der Waals surface area contributed by atoms with Gasteiger partial charge in [-0.25, -0.2) is 0 Å². The molecule has 0 fully saturated rings. The number of hydrogen-bond acceptors (Lipinski definition) is 4. The smallest absolute Gasteiger partial charge is 0.252 e. The van der Waals surface area contributed by atoms with Crippen LogP contribution < -0.4 is 14.3 Å². The van der Waals surface area contributed by atoms with Crippen LogP contribution in [-0.4, -0.2) is 23.7 Å². The summed E-state index contributed by atoms with van der Waals surface area (Å²) in [5, 5.41) is 0. The number of amides is 1. The highest BCUT2D eigenvalue weighted by Gasteiger charge is 2.15. The molecule has 0 bridgehead atoms. The molecule has 3 aromatic rings. The lowest BCUT2D eigenvalue weighted by Crippen LogP contribution is -2.16. The zero-order valence-corrected chi connectivity index (χ0v) is 15.6. The zero-order chi connectivity index (χ0) is 18.1. The molecule has 0 atom stereocenters. The molecule has 1 amide bonds. The molecule has 5 nitrogen and oxygen atoms in total. The van der Waals surface area contributed by atoms with Crippen LogP contribution in [0.2, 0.25) is 0 Å². The summed E-state index contributed by atoms with van der Waals surface area (Å²) in [4.78, 5) is 17.4. The van der Waals surface area contributed by atoms with Gasteiger partial charge in [0.15, 0.2) is 16.3 Å². The molecule has 0 saturated carbocycles. The summed E-state index contributed by atoms with van der Waals surface area (Å²) < 4.78 is 14.2. The van der Waals surface area contributed by atoms with Crippen molar-refractivity contribution in [2.45, 2.75) is 19.8 Å².